The van der Waals surface area contributed by atoms with E-state index in [2.05, 4.69) is 5.32 Å². The van der Waals surface area contributed by atoms with Crippen LogP contribution in [0.1, 0.15) is 12.0 Å². The first-order valence-corrected chi connectivity index (χ1v) is 11.3. The minimum absolute atomic E-state index is 0.0745. The molecule has 1 heterocycles. The second-order valence-electron chi connectivity index (χ2n) is 7.38. The van der Waals surface area contributed by atoms with E-state index in [4.69, 9.17) is 0 Å². The molecule has 0 saturated carbocycles. The number of hydrogen-bond acceptors (Lipinski definition) is 6. The first-order chi connectivity index (χ1) is 15.5. The normalized spacial score (nSPS) is 15.8. The Morgan fingerprint density at radius 2 is 1.73 bits per heavy atom. The summed E-state index contributed by atoms with van der Waals surface area (Å²) in [5.41, 5.74) is -0.880. The van der Waals surface area contributed by atoms with Gasteiger partial charge in [0, 0.05) is 57.0 Å². The third-order valence-corrected chi connectivity index (χ3v) is 7.02. The van der Waals surface area contributed by atoms with Crippen LogP contribution in [-0.4, -0.2) is 61.2 Å². The van der Waals surface area contributed by atoms with Gasteiger partial charge in [0.05, 0.1) is 15.4 Å². The van der Waals surface area contributed by atoms with Crippen molar-refractivity contribution < 1.29 is 31.3 Å². The molecule has 13 heteroatoms. The van der Waals surface area contributed by atoms with E-state index in [0.717, 1.165) is 22.5 Å². The Morgan fingerprint density at radius 3 is 2.36 bits per heavy atom. The van der Waals surface area contributed by atoms with Gasteiger partial charge in [-0.15, -0.1) is 0 Å². The largest absolute Gasteiger partial charge is 0.416 e. The lowest BCUT2D eigenvalue weighted by atomic mass is 10.2. The number of non-ortho nitro benzene ring substituents is 1. The van der Waals surface area contributed by atoms with Gasteiger partial charge in [-0.2, -0.15) is 17.5 Å². The number of nitro groups is 1. The summed E-state index contributed by atoms with van der Waals surface area (Å²) in [6.45, 7) is 1.10. The van der Waals surface area contributed by atoms with Crippen LogP contribution in [0.2, 0.25) is 0 Å². The summed E-state index contributed by atoms with van der Waals surface area (Å²) in [6, 6.07) is 9.18. The van der Waals surface area contributed by atoms with Crippen LogP contribution in [0.3, 0.4) is 0 Å². The quantitative estimate of drug-likeness (QED) is 0.476. The number of alkyl halides is 3. The maximum Gasteiger partial charge on any atom is 0.416 e. The molecule has 0 unspecified atom stereocenters. The standard InChI is InChI=1S/C20H21F3N4O5S/c21-20(22,23)15-3-1-6-18(13-15)33(31,32)26-11-9-25(10-12-26)8-7-19(28)24-16-4-2-5-17(14-16)27(29)30/h1-6,13-14H,7-12H2,(H,24,28). The molecule has 33 heavy (non-hydrogen) atoms. The summed E-state index contributed by atoms with van der Waals surface area (Å²) < 4.78 is 65.4. The van der Waals surface area contributed by atoms with Crippen molar-refractivity contribution in [2.45, 2.75) is 17.5 Å². The number of nitro benzene ring substituents is 1. The van der Waals surface area contributed by atoms with Crippen LogP contribution in [0, 0.1) is 10.1 Å². The second-order valence-corrected chi connectivity index (χ2v) is 9.31. The van der Waals surface area contributed by atoms with Gasteiger partial charge >= 0.3 is 6.18 Å². The number of halogens is 3. The zero-order chi connectivity index (χ0) is 24.2. The average molecular weight is 486 g/mol. The summed E-state index contributed by atoms with van der Waals surface area (Å²) in [5.74, 6) is -0.352. The Labute approximate surface area is 188 Å². The van der Waals surface area contributed by atoms with Crippen LogP contribution >= 0.6 is 0 Å². The van der Waals surface area contributed by atoms with E-state index in [1.807, 2.05) is 4.90 Å². The molecule has 1 amide bonds. The van der Waals surface area contributed by atoms with Crippen LogP contribution in [-0.2, 0) is 21.0 Å². The van der Waals surface area contributed by atoms with Crippen molar-refractivity contribution in [3.05, 3.63) is 64.2 Å². The van der Waals surface area contributed by atoms with E-state index in [1.54, 1.807) is 0 Å². The van der Waals surface area contributed by atoms with Crippen molar-refractivity contribution >= 4 is 27.3 Å². The van der Waals surface area contributed by atoms with Gasteiger partial charge in [-0.1, -0.05) is 12.1 Å². The Kier molecular flexibility index (Phi) is 7.34. The predicted octanol–water partition coefficient (Wildman–Crippen LogP) is 2.95. The lowest BCUT2D eigenvalue weighted by molar-refractivity contribution is -0.384. The maximum atomic E-state index is 12.9. The predicted molar refractivity (Wildman–Crippen MR) is 113 cm³/mol. The number of piperazine rings is 1. The molecule has 1 fully saturated rings. The summed E-state index contributed by atoms with van der Waals surface area (Å²) >= 11 is 0. The number of anilines is 1. The highest BCUT2D eigenvalue weighted by atomic mass is 32.2. The molecule has 0 bridgehead atoms. The fourth-order valence-corrected chi connectivity index (χ4v) is 4.82. The number of carbonyl (C=O) groups is 1. The average Bonchev–Trinajstić information content (AvgIpc) is 2.77. The molecule has 2 aromatic rings. The topological polar surface area (TPSA) is 113 Å². The second kappa shape index (κ2) is 9.85. The maximum absolute atomic E-state index is 12.9. The minimum Gasteiger partial charge on any atom is -0.326 e. The highest BCUT2D eigenvalue weighted by molar-refractivity contribution is 7.89. The van der Waals surface area contributed by atoms with Crippen LogP contribution < -0.4 is 5.32 Å². The molecule has 3 rings (SSSR count). The van der Waals surface area contributed by atoms with Crippen molar-refractivity contribution in [1.82, 2.24) is 9.21 Å². The van der Waals surface area contributed by atoms with Crippen LogP contribution in [0.15, 0.2) is 53.4 Å². The Hall–Kier alpha value is -3.03. The highest BCUT2D eigenvalue weighted by Crippen LogP contribution is 2.31. The van der Waals surface area contributed by atoms with Crippen LogP contribution in [0.25, 0.3) is 0 Å². The molecule has 1 aliphatic rings. The van der Waals surface area contributed by atoms with Crippen LogP contribution in [0.4, 0.5) is 24.5 Å². The number of hydrogen-bond donors (Lipinski definition) is 1. The van der Waals surface area contributed by atoms with Crippen molar-refractivity contribution in [2.24, 2.45) is 0 Å². The number of benzene rings is 2. The first kappa shape index (κ1) is 24.6. The van der Waals surface area contributed by atoms with Crippen molar-refractivity contribution in [3.63, 3.8) is 0 Å². The number of sulfonamides is 1. The van der Waals surface area contributed by atoms with Gasteiger partial charge in [0.25, 0.3) is 5.69 Å². The molecule has 1 saturated heterocycles. The van der Waals surface area contributed by atoms with Gasteiger partial charge in [-0.3, -0.25) is 14.9 Å². The molecule has 0 aliphatic carbocycles. The van der Waals surface area contributed by atoms with Gasteiger partial charge in [-0.25, -0.2) is 8.42 Å². The SMILES string of the molecule is O=C(CCN1CCN(S(=O)(=O)c2cccc(C(F)(F)F)c2)CC1)Nc1cccc([N+](=O)[O-])c1. The summed E-state index contributed by atoms with van der Waals surface area (Å²) in [7, 11) is -4.08. The molecular formula is C20H21F3N4O5S. The third kappa shape index (κ3) is 6.27. The van der Waals surface area contributed by atoms with E-state index in [1.165, 1.54) is 24.3 Å². The molecular weight excluding hydrogens is 465 g/mol. The minimum atomic E-state index is -4.64. The molecule has 0 radical (unpaired) electrons. The van der Waals surface area contributed by atoms with Gasteiger partial charge in [0.1, 0.15) is 0 Å². The smallest absolute Gasteiger partial charge is 0.326 e. The molecule has 0 spiro atoms. The zero-order valence-corrected chi connectivity index (χ0v) is 18.1. The Balaban J connectivity index is 1.52. The monoisotopic (exact) mass is 486 g/mol. The van der Waals surface area contributed by atoms with E-state index in [0.29, 0.717) is 31.4 Å². The Morgan fingerprint density at radius 1 is 1.06 bits per heavy atom. The van der Waals surface area contributed by atoms with Crippen molar-refractivity contribution in [3.8, 4) is 0 Å². The molecule has 0 aromatic heterocycles. The summed E-state index contributed by atoms with van der Waals surface area (Å²) in [6.07, 6.45) is -4.56. The number of rotatable bonds is 7. The molecule has 9 nitrogen and oxygen atoms in total. The number of amides is 1. The fourth-order valence-electron chi connectivity index (χ4n) is 3.36. The summed E-state index contributed by atoms with van der Waals surface area (Å²) in [5, 5.41) is 13.4. The van der Waals surface area contributed by atoms with E-state index >= 15 is 0 Å². The molecule has 2 aromatic carbocycles. The molecule has 0 atom stereocenters. The van der Waals surface area contributed by atoms with Crippen molar-refractivity contribution in [1.29, 1.82) is 0 Å². The molecule has 1 aliphatic heterocycles. The number of nitrogens with zero attached hydrogens (tertiary/aromatic N) is 3. The van der Waals surface area contributed by atoms with E-state index in [-0.39, 0.29) is 31.1 Å². The van der Waals surface area contributed by atoms with Gasteiger partial charge in [0.2, 0.25) is 15.9 Å². The number of carbonyl (C=O) groups excluding carboxylic acids is 1. The number of nitrogens with one attached hydrogen (secondary N) is 1. The lowest BCUT2D eigenvalue weighted by Gasteiger charge is -2.33. The van der Waals surface area contributed by atoms with E-state index in [9.17, 15) is 36.5 Å². The Bertz CT molecular complexity index is 1130. The highest BCUT2D eigenvalue weighted by Gasteiger charge is 2.34. The third-order valence-electron chi connectivity index (χ3n) is 5.13. The molecule has 178 valence electrons. The summed E-state index contributed by atoms with van der Waals surface area (Å²) in [4.78, 5) is 23.8. The van der Waals surface area contributed by atoms with Crippen LogP contribution in [0.5, 0.6) is 0 Å². The van der Waals surface area contributed by atoms with E-state index < -0.39 is 31.6 Å². The van der Waals surface area contributed by atoms with Gasteiger partial charge < -0.3 is 10.2 Å². The lowest BCUT2D eigenvalue weighted by Crippen LogP contribution is -2.49. The van der Waals surface area contributed by atoms with Gasteiger partial charge in [0.15, 0.2) is 0 Å². The zero-order valence-electron chi connectivity index (χ0n) is 17.3. The fraction of sp³-hybridized carbons (Fsp3) is 0.350. The van der Waals surface area contributed by atoms with Gasteiger partial charge in [-0.05, 0) is 24.3 Å². The van der Waals surface area contributed by atoms with Crippen molar-refractivity contribution in [2.75, 3.05) is 38.0 Å². The molecule has 1 N–H and O–H groups in total. The first-order valence-electron chi connectivity index (χ1n) is 9.91.